The molecule has 1 fully saturated rings. The zero-order chi connectivity index (χ0) is 8.81. The maximum Gasteiger partial charge on any atom is 0.0935 e. The van der Waals surface area contributed by atoms with Gasteiger partial charge in [-0.3, -0.25) is 0 Å². The van der Waals surface area contributed by atoms with E-state index in [4.69, 9.17) is 9.47 Å². The zero-order valence-corrected chi connectivity index (χ0v) is 8.60. The van der Waals surface area contributed by atoms with E-state index in [1.807, 2.05) is 6.26 Å². The Balaban J connectivity index is 2.06. The molecule has 0 aliphatic carbocycles. The smallest absolute Gasteiger partial charge is 0.0935 e. The molecule has 4 heteroatoms. The molecule has 0 aromatic heterocycles. The summed E-state index contributed by atoms with van der Waals surface area (Å²) < 4.78 is 10.9. The van der Waals surface area contributed by atoms with Gasteiger partial charge in [0, 0.05) is 13.1 Å². The van der Waals surface area contributed by atoms with Crippen LogP contribution in [-0.2, 0) is 9.47 Å². The van der Waals surface area contributed by atoms with Gasteiger partial charge >= 0.3 is 0 Å². The van der Waals surface area contributed by atoms with E-state index in [1.165, 1.54) is 0 Å². The lowest BCUT2D eigenvalue weighted by Gasteiger charge is -2.29. The summed E-state index contributed by atoms with van der Waals surface area (Å²) >= 11 is 1.70. The number of hydrogen-bond donors (Lipinski definition) is 0. The molecule has 0 radical (unpaired) electrons. The van der Waals surface area contributed by atoms with Crippen molar-refractivity contribution in [2.45, 2.75) is 6.10 Å². The molecule has 72 valence electrons. The number of ether oxygens (including phenoxy) is 2. The fourth-order valence-electron chi connectivity index (χ4n) is 1.23. The Hall–Kier alpha value is 0.230. The highest BCUT2D eigenvalue weighted by Crippen LogP contribution is 2.04. The zero-order valence-electron chi connectivity index (χ0n) is 7.78. The summed E-state index contributed by atoms with van der Waals surface area (Å²) in [4.78, 5) is 2.27. The molecular formula is C8H17NO2S. The summed E-state index contributed by atoms with van der Waals surface area (Å²) in [5.74, 6) is 0.767. The minimum Gasteiger partial charge on any atom is -0.373 e. The summed E-state index contributed by atoms with van der Waals surface area (Å²) in [5, 5.41) is 0. The monoisotopic (exact) mass is 191 g/mol. The highest BCUT2D eigenvalue weighted by atomic mass is 32.2. The van der Waals surface area contributed by atoms with Crippen LogP contribution in [0.25, 0.3) is 0 Å². The summed E-state index contributed by atoms with van der Waals surface area (Å²) in [6.45, 7) is 3.60. The lowest BCUT2D eigenvalue weighted by molar-refractivity contribution is -0.0563. The third-order valence-electron chi connectivity index (χ3n) is 1.85. The predicted molar refractivity (Wildman–Crippen MR) is 51.6 cm³/mol. The summed E-state index contributed by atoms with van der Waals surface area (Å²) in [7, 11) is 2.12. The molecule has 1 saturated heterocycles. The Labute approximate surface area is 78.4 Å². The average molecular weight is 191 g/mol. The Morgan fingerprint density at radius 3 is 3.17 bits per heavy atom. The molecule has 0 unspecified atom stereocenters. The van der Waals surface area contributed by atoms with Gasteiger partial charge < -0.3 is 14.4 Å². The molecule has 1 rings (SSSR count). The molecule has 0 saturated carbocycles. The van der Waals surface area contributed by atoms with Gasteiger partial charge in [-0.2, -0.15) is 0 Å². The number of nitrogens with zero attached hydrogens (tertiary/aromatic N) is 1. The molecule has 0 N–H and O–H groups in total. The summed E-state index contributed by atoms with van der Waals surface area (Å²) in [5.41, 5.74) is 0. The summed E-state index contributed by atoms with van der Waals surface area (Å²) in [6, 6.07) is 0. The summed E-state index contributed by atoms with van der Waals surface area (Å²) in [6.07, 6.45) is 2.31. The first-order valence-corrected chi connectivity index (χ1v) is 5.59. The lowest BCUT2D eigenvalue weighted by atomic mass is 10.3. The quantitative estimate of drug-likeness (QED) is 0.480. The van der Waals surface area contributed by atoms with E-state index in [0.717, 1.165) is 32.2 Å². The Morgan fingerprint density at radius 2 is 2.50 bits per heavy atom. The Morgan fingerprint density at radius 1 is 1.67 bits per heavy atom. The van der Waals surface area contributed by atoms with Crippen molar-refractivity contribution in [3.8, 4) is 0 Å². The third kappa shape index (κ3) is 3.76. The van der Waals surface area contributed by atoms with E-state index in [1.54, 1.807) is 11.8 Å². The molecule has 0 bridgehead atoms. The van der Waals surface area contributed by atoms with Crippen LogP contribution in [0.15, 0.2) is 0 Å². The molecule has 0 aromatic rings. The normalized spacial score (nSPS) is 26.0. The fourth-order valence-corrected chi connectivity index (χ4v) is 1.49. The first kappa shape index (κ1) is 10.3. The molecule has 1 aliphatic heterocycles. The van der Waals surface area contributed by atoms with Crippen LogP contribution >= 0.6 is 11.8 Å². The van der Waals surface area contributed by atoms with Gasteiger partial charge in [0.2, 0.25) is 0 Å². The molecule has 3 nitrogen and oxygen atoms in total. The lowest BCUT2D eigenvalue weighted by Crippen LogP contribution is -2.42. The predicted octanol–water partition coefficient (Wildman–Crippen LogP) is 0.654. The molecule has 12 heavy (non-hydrogen) atoms. The van der Waals surface area contributed by atoms with Gasteiger partial charge in [0.05, 0.1) is 25.3 Å². The van der Waals surface area contributed by atoms with Crippen molar-refractivity contribution in [3.63, 3.8) is 0 Å². The fraction of sp³-hybridized carbons (Fsp3) is 1.00. The van der Waals surface area contributed by atoms with E-state index in [2.05, 4.69) is 11.9 Å². The van der Waals surface area contributed by atoms with Crippen molar-refractivity contribution < 1.29 is 9.47 Å². The first-order valence-electron chi connectivity index (χ1n) is 4.19. The molecule has 1 aliphatic rings. The van der Waals surface area contributed by atoms with Gasteiger partial charge in [0.1, 0.15) is 0 Å². The second-order valence-electron chi connectivity index (χ2n) is 3.03. The Bertz CT molecular complexity index is 124. The van der Waals surface area contributed by atoms with Crippen molar-refractivity contribution in [2.24, 2.45) is 0 Å². The SMILES string of the molecule is CSCOC[C@H]1CN(C)CCO1. The number of morpholine rings is 1. The number of hydrogen-bond acceptors (Lipinski definition) is 4. The van der Waals surface area contributed by atoms with Crippen LogP contribution in [0, 0.1) is 0 Å². The molecule has 0 aromatic carbocycles. The van der Waals surface area contributed by atoms with Gasteiger partial charge in [-0.1, -0.05) is 0 Å². The highest BCUT2D eigenvalue weighted by Gasteiger charge is 2.17. The van der Waals surface area contributed by atoms with Crippen molar-refractivity contribution >= 4 is 11.8 Å². The van der Waals surface area contributed by atoms with E-state index in [9.17, 15) is 0 Å². The van der Waals surface area contributed by atoms with Crippen LogP contribution in [0.3, 0.4) is 0 Å². The first-order chi connectivity index (χ1) is 5.83. The van der Waals surface area contributed by atoms with Gasteiger partial charge in [0.15, 0.2) is 0 Å². The maximum absolute atomic E-state index is 5.52. The van der Waals surface area contributed by atoms with Crippen molar-refractivity contribution in [1.29, 1.82) is 0 Å². The van der Waals surface area contributed by atoms with Gasteiger partial charge in [-0.25, -0.2) is 0 Å². The van der Waals surface area contributed by atoms with E-state index < -0.39 is 0 Å². The largest absolute Gasteiger partial charge is 0.373 e. The van der Waals surface area contributed by atoms with Crippen LogP contribution in [0.2, 0.25) is 0 Å². The van der Waals surface area contributed by atoms with Gasteiger partial charge in [0.25, 0.3) is 0 Å². The van der Waals surface area contributed by atoms with Crippen molar-refractivity contribution in [3.05, 3.63) is 0 Å². The van der Waals surface area contributed by atoms with Crippen LogP contribution in [0.5, 0.6) is 0 Å². The maximum atomic E-state index is 5.52. The minimum atomic E-state index is 0.274. The topological polar surface area (TPSA) is 21.7 Å². The Kier molecular flexibility index (Phi) is 4.99. The third-order valence-corrected chi connectivity index (χ3v) is 2.25. The van der Waals surface area contributed by atoms with E-state index in [0.29, 0.717) is 0 Å². The van der Waals surface area contributed by atoms with Crippen LogP contribution in [0.4, 0.5) is 0 Å². The molecule has 1 heterocycles. The van der Waals surface area contributed by atoms with Crippen LogP contribution in [0.1, 0.15) is 0 Å². The van der Waals surface area contributed by atoms with E-state index in [-0.39, 0.29) is 6.10 Å². The highest BCUT2D eigenvalue weighted by molar-refractivity contribution is 7.98. The van der Waals surface area contributed by atoms with E-state index >= 15 is 0 Å². The van der Waals surface area contributed by atoms with Crippen molar-refractivity contribution in [1.82, 2.24) is 4.90 Å². The number of likely N-dealkylation sites (N-methyl/N-ethyl adjacent to an activating group) is 1. The second-order valence-corrected chi connectivity index (χ2v) is 3.85. The van der Waals surface area contributed by atoms with Crippen LogP contribution < -0.4 is 0 Å². The second kappa shape index (κ2) is 5.80. The standard InChI is InChI=1S/C8H17NO2S/c1-9-3-4-11-8(5-9)6-10-7-12-2/h8H,3-7H2,1-2H3/t8-/m1/s1. The average Bonchev–Trinajstić information content (AvgIpc) is 2.05. The van der Waals surface area contributed by atoms with Gasteiger partial charge in [-0.05, 0) is 13.3 Å². The van der Waals surface area contributed by atoms with Crippen molar-refractivity contribution in [2.75, 3.05) is 45.5 Å². The number of thioether (sulfide) groups is 1. The molecule has 0 spiro atoms. The molecular weight excluding hydrogens is 174 g/mol. The molecule has 1 atom stereocenters. The number of rotatable bonds is 4. The van der Waals surface area contributed by atoms with Crippen LogP contribution in [-0.4, -0.2) is 56.5 Å². The minimum absolute atomic E-state index is 0.274. The molecule has 0 amide bonds. The van der Waals surface area contributed by atoms with Gasteiger partial charge in [-0.15, -0.1) is 11.8 Å².